The predicted octanol–water partition coefficient (Wildman–Crippen LogP) is 7.54. The molecule has 0 N–H and O–H groups in total. The molecule has 0 aliphatic rings. The molecule has 0 unspecified atom stereocenters. The standard InChI is InChI=1S/C29H27F4NO/c1-2-3-14-35-24-12-11-23(34-18-24)10-5-19-6-13-25-22(15-19)9-8-21(28(25)32)7-4-20-16-26(30)29(33)27(31)17-20/h6,8-9,11-13,15-18H,2-5,7,10,14H2,1H3. The van der Waals surface area contributed by atoms with Gasteiger partial charge in [-0.15, -0.1) is 0 Å². The molecule has 4 rings (SSSR count). The molecule has 0 atom stereocenters. The van der Waals surface area contributed by atoms with Gasteiger partial charge in [0.05, 0.1) is 12.8 Å². The zero-order chi connectivity index (χ0) is 24.8. The van der Waals surface area contributed by atoms with Gasteiger partial charge in [0.15, 0.2) is 17.5 Å². The second kappa shape index (κ2) is 11.3. The summed E-state index contributed by atoms with van der Waals surface area (Å²) in [5.74, 6) is -3.55. The number of unbranched alkanes of at least 4 members (excludes halogenated alkanes) is 1. The monoisotopic (exact) mass is 481 g/mol. The van der Waals surface area contributed by atoms with Crippen LogP contribution < -0.4 is 4.74 Å². The van der Waals surface area contributed by atoms with Crippen molar-refractivity contribution in [1.82, 2.24) is 4.98 Å². The quantitative estimate of drug-likeness (QED) is 0.133. The van der Waals surface area contributed by atoms with Crippen molar-refractivity contribution in [2.24, 2.45) is 0 Å². The zero-order valence-corrected chi connectivity index (χ0v) is 19.6. The third-order valence-corrected chi connectivity index (χ3v) is 6.06. The Bertz CT molecular complexity index is 1280. The summed E-state index contributed by atoms with van der Waals surface area (Å²) in [6, 6.07) is 15.0. The van der Waals surface area contributed by atoms with Crippen LogP contribution in [-0.2, 0) is 25.7 Å². The van der Waals surface area contributed by atoms with Gasteiger partial charge < -0.3 is 4.74 Å². The minimum absolute atomic E-state index is 0.198. The minimum atomic E-state index is -1.49. The first-order chi connectivity index (χ1) is 16.9. The maximum atomic E-state index is 15.1. The largest absolute Gasteiger partial charge is 0.492 e. The molecule has 1 heterocycles. The molecule has 0 spiro atoms. The Labute approximate surface area is 202 Å². The van der Waals surface area contributed by atoms with Crippen molar-refractivity contribution in [3.8, 4) is 5.75 Å². The highest BCUT2D eigenvalue weighted by atomic mass is 19.2. The highest BCUT2D eigenvalue weighted by molar-refractivity contribution is 5.84. The van der Waals surface area contributed by atoms with Crippen LogP contribution in [0.4, 0.5) is 17.6 Å². The van der Waals surface area contributed by atoms with E-state index in [0.717, 1.165) is 60.2 Å². The number of aromatic nitrogens is 1. The van der Waals surface area contributed by atoms with Gasteiger partial charge in [-0.25, -0.2) is 17.6 Å². The Morgan fingerprint density at radius 3 is 2.23 bits per heavy atom. The molecule has 4 aromatic rings. The van der Waals surface area contributed by atoms with Crippen molar-refractivity contribution in [1.29, 1.82) is 0 Å². The summed E-state index contributed by atoms with van der Waals surface area (Å²) in [4.78, 5) is 4.47. The fourth-order valence-electron chi connectivity index (χ4n) is 4.02. The second-order valence-electron chi connectivity index (χ2n) is 8.65. The van der Waals surface area contributed by atoms with Gasteiger partial charge in [-0.3, -0.25) is 4.98 Å². The Morgan fingerprint density at radius 1 is 0.743 bits per heavy atom. The van der Waals surface area contributed by atoms with Gasteiger partial charge in [0.2, 0.25) is 0 Å². The minimum Gasteiger partial charge on any atom is -0.492 e. The van der Waals surface area contributed by atoms with Crippen LogP contribution in [0.25, 0.3) is 10.8 Å². The number of hydrogen-bond donors (Lipinski definition) is 0. The van der Waals surface area contributed by atoms with Crippen molar-refractivity contribution in [2.75, 3.05) is 6.61 Å². The topological polar surface area (TPSA) is 22.1 Å². The normalized spacial score (nSPS) is 11.2. The molecule has 0 saturated heterocycles. The number of fused-ring (bicyclic) bond motifs is 1. The fraction of sp³-hybridized carbons (Fsp3) is 0.276. The molecule has 0 saturated carbocycles. The first-order valence-corrected chi connectivity index (χ1v) is 11.9. The lowest BCUT2D eigenvalue weighted by Gasteiger charge is -2.10. The molecule has 35 heavy (non-hydrogen) atoms. The Morgan fingerprint density at radius 2 is 1.51 bits per heavy atom. The first-order valence-electron chi connectivity index (χ1n) is 11.9. The van der Waals surface area contributed by atoms with E-state index in [2.05, 4.69) is 11.9 Å². The highest BCUT2D eigenvalue weighted by Crippen LogP contribution is 2.25. The van der Waals surface area contributed by atoms with Crippen LogP contribution in [0.3, 0.4) is 0 Å². The first kappa shape index (κ1) is 24.7. The predicted molar refractivity (Wildman–Crippen MR) is 130 cm³/mol. The van der Waals surface area contributed by atoms with E-state index in [-0.39, 0.29) is 24.2 Å². The molecular weight excluding hydrogens is 454 g/mol. The molecule has 0 radical (unpaired) electrons. The summed E-state index contributed by atoms with van der Waals surface area (Å²) in [7, 11) is 0. The van der Waals surface area contributed by atoms with E-state index in [1.54, 1.807) is 18.3 Å². The van der Waals surface area contributed by atoms with Gasteiger partial charge in [0.25, 0.3) is 0 Å². The van der Waals surface area contributed by atoms with Gasteiger partial charge in [-0.2, -0.15) is 0 Å². The van der Waals surface area contributed by atoms with Crippen molar-refractivity contribution in [2.45, 2.75) is 45.4 Å². The molecule has 0 fully saturated rings. The summed E-state index contributed by atoms with van der Waals surface area (Å²) in [6.07, 6.45) is 5.82. The number of aryl methyl sites for hydroxylation is 4. The zero-order valence-electron chi connectivity index (χ0n) is 19.6. The molecular formula is C29H27F4NO. The molecule has 0 bridgehead atoms. The summed E-state index contributed by atoms with van der Waals surface area (Å²) < 4.78 is 60.8. The van der Waals surface area contributed by atoms with E-state index in [4.69, 9.17) is 4.74 Å². The SMILES string of the molecule is CCCCOc1ccc(CCc2ccc3c(F)c(CCc4cc(F)c(F)c(F)c4)ccc3c2)nc1. The smallest absolute Gasteiger partial charge is 0.194 e. The summed E-state index contributed by atoms with van der Waals surface area (Å²) in [5.41, 5.74) is 2.77. The molecule has 6 heteroatoms. The Balaban J connectivity index is 1.39. The molecule has 0 aliphatic heterocycles. The van der Waals surface area contributed by atoms with Gasteiger partial charge in [0, 0.05) is 11.1 Å². The third kappa shape index (κ3) is 6.18. The van der Waals surface area contributed by atoms with E-state index in [9.17, 15) is 13.2 Å². The van der Waals surface area contributed by atoms with E-state index < -0.39 is 17.5 Å². The van der Waals surface area contributed by atoms with Gasteiger partial charge in [-0.1, -0.05) is 43.7 Å². The number of rotatable bonds is 10. The maximum Gasteiger partial charge on any atom is 0.194 e. The average molecular weight is 482 g/mol. The van der Waals surface area contributed by atoms with Crippen molar-refractivity contribution >= 4 is 10.8 Å². The van der Waals surface area contributed by atoms with E-state index in [1.165, 1.54) is 0 Å². The van der Waals surface area contributed by atoms with E-state index in [1.807, 2.05) is 30.3 Å². The van der Waals surface area contributed by atoms with E-state index >= 15 is 4.39 Å². The Hall–Kier alpha value is -3.41. The van der Waals surface area contributed by atoms with Crippen molar-refractivity contribution in [3.63, 3.8) is 0 Å². The van der Waals surface area contributed by atoms with Crippen molar-refractivity contribution < 1.29 is 22.3 Å². The van der Waals surface area contributed by atoms with Crippen LogP contribution in [0.2, 0.25) is 0 Å². The van der Waals surface area contributed by atoms with Crippen LogP contribution in [0.1, 0.15) is 42.1 Å². The third-order valence-electron chi connectivity index (χ3n) is 6.06. The lowest BCUT2D eigenvalue weighted by Crippen LogP contribution is -2.00. The lowest BCUT2D eigenvalue weighted by atomic mass is 9.98. The number of pyridine rings is 1. The molecule has 0 aliphatic carbocycles. The fourth-order valence-corrected chi connectivity index (χ4v) is 4.02. The van der Waals surface area contributed by atoms with Crippen LogP contribution in [0, 0.1) is 23.3 Å². The number of benzene rings is 3. The van der Waals surface area contributed by atoms with Crippen LogP contribution in [0.5, 0.6) is 5.75 Å². The molecule has 1 aromatic heterocycles. The number of nitrogens with zero attached hydrogens (tertiary/aromatic N) is 1. The maximum absolute atomic E-state index is 15.1. The summed E-state index contributed by atoms with van der Waals surface area (Å²) >= 11 is 0. The second-order valence-corrected chi connectivity index (χ2v) is 8.65. The van der Waals surface area contributed by atoms with Crippen LogP contribution in [0.15, 0.2) is 60.8 Å². The molecule has 3 aromatic carbocycles. The van der Waals surface area contributed by atoms with Gasteiger partial charge in [0.1, 0.15) is 11.6 Å². The van der Waals surface area contributed by atoms with Gasteiger partial charge >= 0.3 is 0 Å². The van der Waals surface area contributed by atoms with E-state index in [0.29, 0.717) is 17.6 Å². The molecule has 2 nitrogen and oxygen atoms in total. The van der Waals surface area contributed by atoms with Gasteiger partial charge in [-0.05, 0) is 78.4 Å². The summed E-state index contributed by atoms with van der Waals surface area (Å²) in [5, 5.41) is 1.28. The number of hydrogen-bond acceptors (Lipinski definition) is 2. The molecule has 182 valence electrons. The number of ether oxygens (including phenoxy) is 1. The molecule has 0 amide bonds. The number of halogens is 4. The average Bonchev–Trinajstić information content (AvgIpc) is 2.86. The summed E-state index contributed by atoms with van der Waals surface area (Å²) in [6.45, 7) is 2.81. The Kier molecular flexibility index (Phi) is 8.01. The van der Waals surface area contributed by atoms with Crippen molar-refractivity contribution in [3.05, 3.63) is 106 Å². The lowest BCUT2D eigenvalue weighted by molar-refractivity contribution is 0.308. The van der Waals surface area contributed by atoms with Crippen LogP contribution >= 0.6 is 0 Å². The highest BCUT2D eigenvalue weighted by Gasteiger charge is 2.13. The van der Waals surface area contributed by atoms with Crippen LogP contribution in [-0.4, -0.2) is 11.6 Å².